The first-order chi connectivity index (χ1) is 8.75. The Morgan fingerprint density at radius 1 is 1.50 bits per heavy atom. The number of aliphatic hydroxyl groups excluding tert-OH is 1. The Labute approximate surface area is 120 Å². The number of hydrogen-bond acceptors (Lipinski definition) is 5. The molecule has 2 N–H and O–H groups in total. The molecule has 18 heavy (non-hydrogen) atoms. The van der Waals surface area contributed by atoms with Crippen LogP contribution in [0.3, 0.4) is 0 Å². The summed E-state index contributed by atoms with van der Waals surface area (Å²) in [6.07, 6.45) is -0.318. The van der Waals surface area contributed by atoms with Crippen LogP contribution in [0, 0.1) is 0 Å². The predicted molar refractivity (Wildman–Crippen MR) is 77.0 cm³/mol. The molecule has 0 radical (unpaired) electrons. The van der Waals surface area contributed by atoms with E-state index in [1.54, 1.807) is 11.3 Å². The lowest BCUT2D eigenvalue weighted by Crippen LogP contribution is -2.43. The van der Waals surface area contributed by atoms with Gasteiger partial charge in [0, 0.05) is 42.1 Å². The number of ether oxygens (including phenoxy) is 1. The minimum absolute atomic E-state index is 0.318. The van der Waals surface area contributed by atoms with Gasteiger partial charge in [-0.15, -0.1) is 11.3 Å². The van der Waals surface area contributed by atoms with Crippen LogP contribution in [0.5, 0.6) is 0 Å². The maximum absolute atomic E-state index is 9.95. The van der Waals surface area contributed by atoms with Crippen LogP contribution in [0.2, 0.25) is 0 Å². The number of nitrogens with zero attached hydrogens (tertiary/aromatic N) is 1. The Balaban J connectivity index is 1.62. The zero-order valence-electron chi connectivity index (χ0n) is 10.3. The molecule has 1 aliphatic heterocycles. The topological polar surface area (TPSA) is 44.7 Å². The summed E-state index contributed by atoms with van der Waals surface area (Å²) in [4.78, 5) is 3.52. The standard InChI is InChI=1S/C12H19BrN2O2S/c13-11-1-6-18-12(11)8-14-7-10(16)9-15-2-4-17-5-3-15/h1,6,10,14,16H,2-5,7-9H2. The average molecular weight is 335 g/mol. The Morgan fingerprint density at radius 3 is 2.94 bits per heavy atom. The highest BCUT2D eigenvalue weighted by Gasteiger charge is 2.14. The van der Waals surface area contributed by atoms with Gasteiger partial charge in [0.25, 0.3) is 0 Å². The molecule has 1 fully saturated rings. The van der Waals surface area contributed by atoms with Crippen LogP contribution < -0.4 is 5.32 Å². The summed E-state index contributed by atoms with van der Waals surface area (Å²) in [5, 5.41) is 15.3. The largest absolute Gasteiger partial charge is 0.390 e. The molecule has 0 bridgehead atoms. The molecule has 0 spiro atoms. The number of aliphatic hydroxyl groups is 1. The molecule has 0 saturated carbocycles. The van der Waals surface area contributed by atoms with Crippen molar-refractivity contribution < 1.29 is 9.84 Å². The number of nitrogens with one attached hydrogen (secondary N) is 1. The molecule has 1 aliphatic rings. The van der Waals surface area contributed by atoms with E-state index in [2.05, 4.69) is 31.5 Å². The third-order valence-corrected chi connectivity index (χ3v) is 4.86. The van der Waals surface area contributed by atoms with Crippen molar-refractivity contribution in [3.8, 4) is 0 Å². The van der Waals surface area contributed by atoms with Crippen LogP contribution in [0.1, 0.15) is 4.88 Å². The van der Waals surface area contributed by atoms with E-state index in [0.29, 0.717) is 6.54 Å². The van der Waals surface area contributed by atoms with E-state index in [-0.39, 0.29) is 6.10 Å². The van der Waals surface area contributed by atoms with Crippen molar-refractivity contribution in [2.24, 2.45) is 0 Å². The first-order valence-corrected chi connectivity index (χ1v) is 7.83. The fourth-order valence-electron chi connectivity index (χ4n) is 1.95. The molecular weight excluding hydrogens is 316 g/mol. The van der Waals surface area contributed by atoms with E-state index in [1.807, 2.05) is 6.07 Å². The highest BCUT2D eigenvalue weighted by molar-refractivity contribution is 9.10. The van der Waals surface area contributed by atoms with Crippen molar-refractivity contribution in [1.82, 2.24) is 10.2 Å². The van der Waals surface area contributed by atoms with Gasteiger partial charge < -0.3 is 15.2 Å². The average Bonchev–Trinajstić information content (AvgIpc) is 2.76. The third-order valence-electron chi connectivity index (χ3n) is 2.93. The number of thiophene rings is 1. The predicted octanol–water partition coefficient (Wildman–Crippen LogP) is 1.29. The SMILES string of the molecule is OC(CNCc1sccc1Br)CN1CCOCC1. The number of rotatable bonds is 6. The van der Waals surface area contributed by atoms with E-state index in [4.69, 9.17) is 4.74 Å². The lowest BCUT2D eigenvalue weighted by Gasteiger charge is -2.28. The van der Waals surface area contributed by atoms with Crippen LogP contribution in [0.25, 0.3) is 0 Å². The molecule has 1 aromatic rings. The summed E-state index contributed by atoms with van der Waals surface area (Å²) in [6.45, 7) is 5.56. The number of β-amino-alcohol motifs (C(OH)–C–C–N with tert-alkyl or cyclic N) is 1. The second kappa shape index (κ2) is 7.57. The van der Waals surface area contributed by atoms with Crippen molar-refractivity contribution in [3.63, 3.8) is 0 Å². The molecule has 6 heteroatoms. The number of hydrogen-bond donors (Lipinski definition) is 2. The van der Waals surface area contributed by atoms with Crippen molar-refractivity contribution in [2.75, 3.05) is 39.4 Å². The Bertz CT molecular complexity index is 356. The van der Waals surface area contributed by atoms with Crippen molar-refractivity contribution in [1.29, 1.82) is 0 Å². The maximum Gasteiger partial charge on any atom is 0.0791 e. The summed E-state index contributed by atoms with van der Waals surface area (Å²) >= 11 is 5.22. The first-order valence-electron chi connectivity index (χ1n) is 6.16. The fourth-order valence-corrected chi connectivity index (χ4v) is 3.41. The van der Waals surface area contributed by atoms with Crippen LogP contribution in [0.15, 0.2) is 15.9 Å². The van der Waals surface area contributed by atoms with Gasteiger partial charge in [0.15, 0.2) is 0 Å². The van der Waals surface area contributed by atoms with Crippen LogP contribution >= 0.6 is 27.3 Å². The lowest BCUT2D eigenvalue weighted by atomic mass is 10.3. The van der Waals surface area contributed by atoms with Gasteiger partial charge in [-0.3, -0.25) is 4.90 Å². The molecule has 4 nitrogen and oxygen atoms in total. The number of morpholine rings is 1. The molecule has 0 aromatic carbocycles. The normalized spacial score (nSPS) is 19.0. The van der Waals surface area contributed by atoms with E-state index >= 15 is 0 Å². The first kappa shape index (κ1) is 14.4. The molecule has 1 aromatic heterocycles. The molecule has 2 heterocycles. The second-order valence-corrected chi connectivity index (χ2v) is 6.24. The van der Waals surface area contributed by atoms with E-state index in [0.717, 1.165) is 43.9 Å². The smallest absolute Gasteiger partial charge is 0.0791 e. The second-order valence-electron chi connectivity index (χ2n) is 4.39. The van der Waals surface area contributed by atoms with E-state index in [9.17, 15) is 5.11 Å². The third kappa shape index (κ3) is 4.60. The van der Waals surface area contributed by atoms with Gasteiger partial charge in [0.2, 0.25) is 0 Å². The maximum atomic E-state index is 9.95. The Morgan fingerprint density at radius 2 is 2.28 bits per heavy atom. The van der Waals surface area contributed by atoms with Crippen molar-refractivity contribution in [3.05, 3.63) is 20.8 Å². The molecule has 2 rings (SSSR count). The molecule has 102 valence electrons. The van der Waals surface area contributed by atoms with Gasteiger partial charge in [-0.25, -0.2) is 0 Å². The van der Waals surface area contributed by atoms with E-state index in [1.165, 1.54) is 4.88 Å². The highest BCUT2D eigenvalue weighted by atomic mass is 79.9. The summed E-state index contributed by atoms with van der Waals surface area (Å²) in [6, 6.07) is 2.05. The van der Waals surface area contributed by atoms with Crippen molar-refractivity contribution in [2.45, 2.75) is 12.6 Å². The molecule has 0 amide bonds. The summed E-state index contributed by atoms with van der Waals surface area (Å²) < 4.78 is 6.42. The lowest BCUT2D eigenvalue weighted by molar-refractivity contribution is 0.0149. The Hall–Kier alpha value is 0.0200. The van der Waals surface area contributed by atoms with Crippen molar-refractivity contribution >= 4 is 27.3 Å². The van der Waals surface area contributed by atoms with Gasteiger partial charge in [-0.05, 0) is 27.4 Å². The molecule has 1 unspecified atom stereocenters. The fraction of sp³-hybridized carbons (Fsp3) is 0.667. The zero-order valence-corrected chi connectivity index (χ0v) is 12.7. The Kier molecular flexibility index (Phi) is 6.07. The molecular formula is C12H19BrN2O2S. The van der Waals surface area contributed by atoms with Gasteiger partial charge in [0.05, 0.1) is 19.3 Å². The number of halogens is 1. The van der Waals surface area contributed by atoms with Crippen LogP contribution in [-0.2, 0) is 11.3 Å². The minimum atomic E-state index is -0.318. The quantitative estimate of drug-likeness (QED) is 0.822. The molecule has 1 saturated heterocycles. The molecule has 1 atom stereocenters. The van der Waals surface area contributed by atoms with Gasteiger partial charge in [-0.2, -0.15) is 0 Å². The van der Waals surface area contributed by atoms with Gasteiger partial charge >= 0.3 is 0 Å². The van der Waals surface area contributed by atoms with Gasteiger partial charge in [-0.1, -0.05) is 0 Å². The summed E-state index contributed by atoms with van der Waals surface area (Å²) in [7, 11) is 0. The summed E-state index contributed by atoms with van der Waals surface area (Å²) in [5.74, 6) is 0. The van der Waals surface area contributed by atoms with Gasteiger partial charge in [0.1, 0.15) is 0 Å². The van der Waals surface area contributed by atoms with Crippen LogP contribution in [0.4, 0.5) is 0 Å². The zero-order chi connectivity index (χ0) is 12.8. The monoisotopic (exact) mass is 334 g/mol. The summed E-state index contributed by atoms with van der Waals surface area (Å²) in [5.41, 5.74) is 0. The van der Waals surface area contributed by atoms with E-state index < -0.39 is 0 Å². The highest BCUT2D eigenvalue weighted by Crippen LogP contribution is 2.21. The minimum Gasteiger partial charge on any atom is -0.390 e. The molecule has 0 aliphatic carbocycles. The van der Waals surface area contributed by atoms with Crippen LogP contribution in [-0.4, -0.2) is 55.5 Å².